The standard InChI is InChI=1S/C35H39Cl2N9O2S/c1-35(2,39-32(47)23-45-19-17-44(18-20-45)16-15-43-13-3-4-14-43)12-11-25-5-9-30(28(36)21-25)38-33(48)24-49-34-40-41-42-46(34)31-10-8-27(22-29(31)37)26-6-7-26/h3-5,8-10,13-14,21-22,26H,6-7,15-20,23-24H2,1-2H3,(H,38,48)(H,39,47). The number of hydrogen-bond acceptors (Lipinski definition) is 8. The maximum Gasteiger partial charge on any atom is 0.235 e. The van der Waals surface area contributed by atoms with E-state index < -0.39 is 5.54 Å². The molecule has 49 heavy (non-hydrogen) atoms. The molecule has 1 saturated heterocycles. The van der Waals surface area contributed by atoms with Crippen LogP contribution in [0.1, 0.15) is 43.7 Å². The number of thioether (sulfide) groups is 1. The third-order valence-corrected chi connectivity index (χ3v) is 9.94. The van der Waals surface area contributed by atoms with E-state index in [9.17, 15) is 9.59 Å². The van der Waals surface area contributed by atoms with Gasteiger partial charge in [-0.1, -0.05) is 52.9 Å². The van der Waals surface area contributed by atoms with Crippen LogP contribution in [0, 0.1) is 11.8 Å². The number of carbonyl (C=O) groups excluding carboxylic acids is 2. The van der Waals surface area contributed by atoms with Crippen molar-refractivity contribution in [2.45, 2.75) is 49.8 Å². The number of hydrogen-bond donors (Lipinski definition) is 2. The van der Waals surface area contributed by atoms with E-state index in [2.05, 4.69) is 64.8 Å². The van der Waals surface area contributed by atoms with E-state index in [1.165, 1.54) is 34.8 Å². The molecule has 11 nitrogen and oxygen atoms in total. The molecule has 0 atom stereocenters. The van der Waals surface area contributed by atoms with E-state index in [0.29, 0.717) is 44.6 Å². The first-order valence-corrected chi connectivity index (χ1v) is 18.1. The lowest BCUT2D eigenvalue weighted by molar-refractivity contribution is -0.123. The molecule has 2 N–H and O–H groups in total. The Hall–Kier alpha value is -3.86. The fourth-order valence-electron chi connectivity index (χ4n) is 5.59. The molecular weight excluding hydrogens is 681 g/mol. The van der Waals surface area contributed by atoms with Gasteiger partial charge in [-0.15, -0.1) is 5.10 Å². The molecule has 1 aliphatic heterocycles. The number of carbonyl (C=O) groups is 2. The minimum absolute atomic E-state index is 0.0577. The summed E-state index contributed by atoms with van der Waals surface area (Å²) >= 11 is 14.3. The lowest BCUT2D eigenvalue weighted by Crippen LogP contribution is -2.52. The highest BCUT2D eigenvalue weighted by Gasteiger charge is 2.25. The number of tetrazole rings is 1. The average molecular weight is 721 g/mol. The molecule has 2 aliphatic rings. The van der Waals surface area contributed by atoms with Gasteiger partial charge < -0.3 is 15.2 Å². The summed E-state index contributed by atoms with van der Waals surface area (Å²) in [5.74, 6) is 6.58. The Balaban J connectivity index is 0.951. The number of anilines is 1. The first-order valence-electron chi connectivity index (χ1n) is 16.3. The Morgan fingerprint density at radius 1 is 0.959 bits per heavy atom. The summed E-state index contributed by atoms with van der Waals surface area (Å²) in [4.78, 5) is 30.3. The quantitative estimate of drug-likeness (QED) is 0.156. The first-order chi connectivity index (χ1) is 23.6. The van der Waals surface area contributed by atoms with Crippen molar-refractivity contribution >= 4 is 52.5 Å². The summed E-state index contributed by atoms with van der Waals surface area (Å²) in [6.45, 7) is 9.65. The Bertz CT molecular complexity index is 1840. The zero-order valence-corrected chi connectivity index (χ0v) is 29.9. The highest BCUT2D eigenvalue weighted by Crippen LogP contribution is 2.41. The minimum atomic E-state index is -0.745. The van der Waals surface area contributed by atoms with E-state index >= 15 is 0 Å². The zero-order chi connectivity index (χ0) is 34.4. The van der Waals surface area contributed by atoms with Gasteiger partial charge in [0, 0.05) is 57.2 Å². The van der Waals surface area contributed by atoms with Crippen LogP contribution in [0.5, 0.6) is 0 Å². The number of halogens is 2. The first kappa shape index (κ1) is 35.0. The van der Waals surface area contributed by atoms with Crippen molar-refractivity contribution in [1.29, 1.82) is 0 Å². The maximum atomic E-state index is 12.9. The molecule has 4 aromatic rings. The SMILES string of the molecule is CC(C)(C#Cc1ccc(NC(=O)CSc2nnnn2-c2ccc(C3CC3)cc2Cl)c(Cl)c1)NC(=O)CN1CCN(CCn2cccc2)CC1. The molecule has 2 aromatic heterocycles. The Kier molecular flexibility index (Phi) is 11.3. The van der Waals surface area contributed by atoms with Gasteiger partial charge in [0.05, 0.1) is 39.3 Å². The second-order valence-electron chi connectivity index (χ2n) is 12.9. The van der Waals surface area contributed by atoms with Crippen molar-refractivity contribution in [2.24, 2.45) is 0 Å². The van der Waals surface area contributed by atoms with E-state index in [-0.39, 0.29) is 17.6 Å². The fraction of sp³-hybridized carbons (Fsp3) is 0.400. The Morgan fingerprint density at radius 2 is 1.71 bits per heavy atom. The zero-order valence-electron chi connectivity index (χ0n) is 27.5. The second-order valence-corrected chi connectivity index (χ2v) is 14.6. The van der Waals surface area contributed by atoms with Gasteiger partial charge in [0.2, 0.25) is 17.0 Å². The molecule has 0 bridgehead atoms. The molecule has 0 radical (unpaired) electrons. The van der Waals surface area contributed by atoms with Crippen molar-refractivity contribution in [3.8, 4) is 17.5 Å². The normalized spacial score (nSPS) is 15.4. The molecule has 14 heteroatoms. The predicted molar refractivity (Wildman–Crippen MR) is 193 cm³/mol. The van der Waals surface area contributed by atoms with Crippen LogP contribution in [-0.4, -0.2) is 96.9 Å². The molecule has 2 aromatic carbocycles. The molecular formula is C35H39Cl2N9O2S. The number of amides is 2. The number of rotatable bonds is 12. The van der Waals surface area contributed by atoms with Gasteiger partial charge in [-0.3, -0.25) is 19.4 Å². The molecule has 1 saturated carbocycles. The third kappa shape index (κ3) is 9.86. The van der Waals surface area contributed by atoms with Crippen LogP contribution in [0.4, 0.5) is 5.69 Å². The molecule has 1 aliphatic carbocycles. The van der Waals surface area contributed by atoms with Crippen molar-refractivity contribution < 1.29 is 9.59 Å². The van der Waals surface area contributed by atoms with E-state index in [4.69, 9.17) is 23.2 Å². The van der Waals surface area contributed by atoms with Gasteiger partial charge >= 0.3 is 0 Å². The smallest absolute Gasteiger partial charge is 0.235 e. The van der Waals surface area contributed by atoms with Crippen LogP contribution in [0.15, 0.2) is 66.1 Å². The van der Waals surface area contributed by atoms with Gasteiger partial charge in [0.25, 0.3) is 0 Å². The molecule has 2 amide bonds. The molecule has 3 heterocycles. The van der Waals surface area contributed by atoms with E-state index in [0.717, 1.165) is 39.3 Å². The van der Waals surface area contributed by atoms with Crippen molar-refractivity contribution in [3.63, 3.8) is 0 Å². The largest absolute Gasteiger partial charge is 0.353 e. The number of nitrogens with zero attached hydrogens (tertiary/aromatic N) is 7. The van der Waals surface area contributed by atoms with Crippen LogP contribution in [0.2, 0.25) is 10.0 Å². The van der Waals surface area contributed by atoms with Crippen LogP contribution in [0.3, 0.4) is 0 Å². The van der Waals surface area contributed by atoms with Gasteiger partial charge in [-0.05, 0) is 91.1 Å². The van der Waals surface area contributed by atoms with Crippen LogP contribution in [-0.2, 0) is 16.1 Å². The predicted octanol–water partition coefficient (Wildman–Crippen LogP) is 4.94. The molecule has 256 valence electrons. The second kappa shape index (κ2) is 15.8. The van der Waals surface area contributed by atoms with Gasteiger partial charge in [-0.2, -0.15) is 4.68 Å². The fourth-order valence-corrected chi connectivity index (χ4v) is 6.77. The van der Waals surface area contributed by atoms with Gasteiger partial charge in [0.1, 0.15) is 0 Å². The van der Waals surface area contributed by atoms with Crippen LogP contribution in [0.25, 0.3) is 5.69 Å². The average Bonchev–Trinajstić information content (AvgIpc) is 3.58. The molecule has 6 rings (SSSR count). The van der Waals surface area contributed by atoms with E-state index in [1.54, 1.807) is 18.2 Å². The van der Waals surface area contributed by atoms with E-state index in [1.807, 2.05) is 44.2 Å². The number of aromatic nitrogens is 5. The highest BCUT2D eigenvalue weighted by molar-refractivity contribution is 7.99. The van der Waals surface area contributed by atoms with Crippen LogP contribution >= 0.6 is 35.0 Å². The number of benzene rings is 2. The molecule has 0 unspecified atom stereocenters. The minimum Gasteiger partial charge on any atom is -0.353 e. The molecule has 2 fully saturated rings. The van der Waals surface area contributed by atoms with Crippen LogP contribution < -0.4 is 10.6 Å². The van der Waals surface area contributed by atoms with Gasteiger partial charge in [0.15, 0.2) is 0 Å². The summed E-state index contributed by atoms with van der Waals surface area (Å²) in [6, 6.07) is 15.2. The lowest BCUT2D eigenvalue weighted by atomic mass is 10.1. The summed E-state index contributed by atoms with van der Waals surface area (Å²) in [6.07, 6.45) is 6.53. The summed E-state index contributed by atoms with van der Waals surface area (Å²) in [5, 5.41) is 19.2. The van der Waals surface area contributed by atoms with Crippen molar-refractivity contribution in [3.05, 3.63) is 82.1 Å². The molecule has 0 spiro atoms. The van der Waals surface area contributed by atoms with Gasteiger partial charge in [-0.25, -0.2) is 0 Å². The summed E-state index contributed by atoms with van der Waals surface area (Å²) < 4.78 is 3.72. The van der Waals surface area contributed by atoms with Crippen molar-refractivity contribution in [1.82, 2.24) is 39.9 Å². The highest BCUT2D eigenvalue weighted by atomic mass is 35.5. The summed E-state index contributed by atoms with van der Waals surface area (Å²) in [5.41, 5.74) is 2.27. The number of piperazine rings is 1. The monoisotopic (exact) mass is 719 g/mol. The topological polar surface area (TPSA) is 113 Å². The third-order valence-electron chi connectivity index (χ3n) is 8.41. The Morgan fingerprint density at radius 3 is 2.43 bits per heavy atom. The number of nitrogens with one attached hydrogen (secondary N) is 2. The Labute approximate surface area is 300 Å². The summed E-state index contributed by atoms with van der Waals surface area (Å²) in [7, 11) is 0. The maximum absolute atomic E-state index is 12.9. The lowest BCUT2D eigenvalue weighted by Gasteiger charge is -2.34. The van der Waals surface area contributed by atoms with Crippen molar-refractivity contribution in [2.75, 3.05) is 50.3 Å².